The van der Waals surface area contributed by atoms with Gasteiger partial charge in [-0.25, -0.2) is 4.79 Å². The van der Waals surface area contributed by atoms with Gasteiger partial charge in [0.25, 0.3) is 0 Å². The molecule has 6 heteroatoms. The van der Waals surface area contributed by atoms with Crippen LogP contribution in [0, 0.1) is 6.92 Å². The van der Waals surface area contributed by atoms with E-state index in [4.69, 9.17) is 23.2 Å². The Bertz CT molecular complexity index is 885. The van der Waals surface area contributed by atoms with Crippen molar-refractivity contribution in [1.82, 2.24) is 9.97 Å². The summed E-state index contributed by atoms with van der Waals surface area (Å²) in [6.07, 6.45) is 0. The van der Waals surface area contributed by atoms with Crippen molar-refractivity contribution in [3.05, 3.63) is 67.0 Å². The fraction of sp³-hybridized carbons (Fsp3) is 0.133. The lowest BCUT2D eigenvalue weighted by Crippen LogP contribution is -1.99. The van der Waals surface area contributed by atoms with E-state index < -0.39 is 0 Å². The lowest BCUT2D eigenvalue weighted by molar-refractivity contribution is 1.12. The third kappa shape index (κ3) is 2.76. The van der Waals surface area contributed by atoms with Crippen LogP contribution in [0.5, 0.6) is 0 Å². The van der Waals surface area contributed by atoms with E-state index >= 15 is 0 Å². The lowest BCUT2D eigenvalue weighted by atomic mass is 10.0. The molecule has 0 radical (unpaired) electrons. The highest BCUT2D eigenvalue weighted by molar-refractivity contribution is 9.10. The smallest absolute Gasteiger partial charge is 0.306 e. The average Bonchev–Trinajstić information content (AvgIpc) is 2.79. The zero-order valence-electron chi connectivity index (χ0n) is 11.0. The minimum absolute atomic E-state index is 0.234. The zero-order chi connectivity index (χ0) is 15.1. The van der Waals surface area contributed by atoms with Gasteiger partial charge < -0.3 is 9.97 Å². The summed E-state index contributed by atoms with van der Waals surface area (Å²) < 4.78 is 0.845. The van der Waals surface area contributed by atoms with E-state index in [0.717, 1.165) is 32.2 Å². The Morgan fingerprint density at radius 2 is 1.81 bits per heavy atom. The van der Waals surface area contributed by atoms with Crippen LogP contribution in [0.4, 0.5) is 0 Å². The molecule has 1 heterocycles. The Kier molecular flexibility index (Phi) is 3.86. The second-order valence-electron chi connectivity index (χ2n) is 4.87. The van der Waals surface area contributed by atoms with E-state index in [-0.39, 0.29) is 11.1 Å². The third-order valence-corrected chi connectivity index (χ3v) is 4.98. The number of nitrogens with one attached hydrogen (secondary N) is 2. The number of halogens is 3. The van der Waals surface area contributed by atoms with E-state index in [0.29, 0.717) is 5.02 Å². The molecule has 1 aromatic heterocycles. The summed E-state index contributed by atoms with van der Waals surface area (Å²) >= 11 is 16.2. The van der Waals surface area contributed by atoms with Gasteiger partial charge in [0.2, 0.25) is 0 Å². The molecule has 0 spiro atoms. The fourth-order valence-electron chi connectivity index (χ4n) is 2.27. The standard InChI is InChI=1S/C15H11BrCl2N2O/c1-7-4-8(2-3-11(7)17)14(18)9-5-12-13(6-10(9)16)20-15(21)19-12/h2-6,14H,1H3,(H2,19,20,21). The Morgan fingerprint density at radius 1 is 1.14 bits per heavy atom. The first-order chi connectivity index (χ1) is 9.95. The van der Waals surface area contributed by atoms with E-state index in [1.54, 1.807) is 0 Å². The first-order valence-corrected chi connectivity index (χ1v) is 7.88. The van der Waals surface area contributed by atoms with Crippen molar-refractivity contribution in [3.63, 3.8) is 0 Å². The van der Waals surface area contributed by atoms with Gasteiger partial charge in [0.05, 0.1) is 16.4 Å². The topological polar surface area (TPSA) is 48.6 Å². The summed E-state index contributed by atoms with van der Waals surface area (Å²) in [5.41, 5.74) is 4.06. The molecule has 1 atom stereocenters. The minimum atomic E-state index is -0.335. The van der Waals surface area contributed by atoms with Crippen LogP contribution >= 0.6 is 39.1 Å². The fourth-order valence-corrected chi connectivity index (χ4v) is 3.41. The second-order valence-corrected chi connectivity index (χ2v) is 6.57. The number of aromatic nitrogens is 2. The SMILES string of the molecule is Cc1cc(C(Cl)c2cc3[nH]c(=O)[nH]c3cc2Br)ccc1Cl. The van der Waals surface area contributed by atoms with Crippen LogP contribution < -0.4 is 5.69 Å². The number of hydrogen-bond donors (Lipinski definition) is 2. The average molecular weight is 386 g/mol. The van der Waals surface area contributed by atoms with E-state index in [9.17, 15) is 4.79 Å². The monoisotopic (exact) mass is 384 g/mol. The van der Waals surface area contributed by atoms with Crippen molar-refractivity contribution in [2.45, 2.75) is 12.3 Å². The van der Waals surface area contributed by atoms with Crippen LogP contribution in [0.3, 0.4) is 0 Å². The van der Waals surface area contributed by atoms with Gasteiger partial charge in [-0.3, -0.25) is 0 Å². The molecule has 0 amide bonds. The van der Waals surface area contributed by atoms with Gasteiger partial charge >= 0.3 is 5.69 Å². The number of benzene rings is 2. The summed E-state index contributed by atoms with van der Waals surface area (Å²) in [5, 5.41) is 0.380. The molecule has 0 saturated carbocycles. The van der Waals surface area contributed by atoms with E-state index in [1.165, 1.54) is 0 Å². The molecule has 2 N–H and O–H groups in total. The number of H-pyrrole nitrogens is 2. The molecule has 3 rings (SSSR count). The molecule has 3 nitrogen and oxygen atoms in total. The first kappa shape index (κ1) is 14.7. The normalized spacial score (nSPS) is 12.8. The highest BCUT2D eigenvalue weighted by atomic mass is 79.9. The van der Waals surface area contributed by atoms with Crippen LogP contribution in [0.2, 0.25) is 5.02 Å². The van der Waals surface area contributed by atoms with Gasteiger partial charge in [0, 0.05) is 9.50 Å². The number of rotatable bonds is 2. The summed E-state index contributed by atoms with van der Waals surface area (Å²) in [6.45, 7) is 1.94. The molecule has 0 fully saturated rings. The molecular formula is C15H11BrCl2N2O. The summed E-state index contributed by atoms with van der Waals surface area (Å²) in [4.78, 5) is 16.8. The molecule has 2 aromatic carbocycles. The highest BCUT2D eigenvalue weighted by Crippen LogP contribution is 2.36. The maximum atomic E-state index is 11.4. The molecule has 0 saturated heterocycles. The Labute approximate surface area is 139 Å². The third-order valence-electron chi connectivity index (χ3n) is 3.38. The molecular weight excluding hydrogens is 375 g/mol. The number of aryl methyl sites for hydroxylation is 1. The summed E-state index contributed by atoms with van der Waals surface area (Å²) in [7, 11) is 0. The predicted octanol–water partition coefficient (Wildman–Crippen LogP) is 4.91. The maximum absolute atomic E-state index is 11.4. The van der Waals surface area contributed by atoms with Crippen LogP contribution in [-0.4, -0.2) is 9.97 Å². The van der Waals surface area contributed by atoms with Crippen LogP contribution in [-0.2, 0) is 0 Å². The quantitative estimate of drug-likeness (QED) is 0.605. The van der Waals surface area contributed by atoms with Crippen molar-refractivity contribution >= 4 is 50.2 Å². The largest absolute Gasteiger partial charge is 0.323 e. The maximum Gasteiger partial charge on any atom is 0.323 e. The van der Waals surface area contributed by atoms with Gasteiger partial charge in [-0.1, -0.05) is 39.7 Å². The van der Waals surface area contributed by atoms with Crippen LogP contribution in [0.25, 0.3) is 11.0 Å². The summed E-state index contributed by atoms with van der Waals surface area (Å²) in [5.74, 6) is 0. The van der Waals surface area contributed by atoms with Crippen LogP contribution in [0.15, 0.2) is 39.6 Å². The number of alkyl halides is 1. The minimum Gasteiger partial charge on any atom is -0.306 e. The molecule has 21 heavy (non-hydrogen) atoms. The van der Waals surface area contributed by atoms with Gasteiger partial charge in [-0.2, -0.15) is 0 Å². The molecule has 1 unspecified atom stereocenters. The van der Waals surface area contributed by atoms with Gasteiger partial charge in [0.15, 0.2) is 0 Å². The van der Waals surface area contributed by atoms with Gasteiger partial charge in [-0.05, 0) is 41.8 Å². The molecule has 108 valence electrons. The molecule has 0 aliphatic heterocycles. The number of imidazole rings is 1. The molecule has 0 aliphatic rings. The van der Waals surface area contributed by atoms with Gasteiger partial charge in [0.1, 0.15) is 0 Å². The second kappa shape index (κ2) is 5.52. The predicted molar refractivity (Wildman–Crippen MR) is 90.5 cm³/mol. The molecule has 0 aliphatic carbocycles. The summed E-state index contributed by atoms with van der Waals surface area (Å²) in [6, 6.07) is 9.44. The van der Waals surface area contributed by atoms with Gasteiger partial charge in [-0.15, -0.1) is 11.6 Å². The molecule has 3 aromatic rings. The Morgan fingerprint density at radius 3 is 2.48 bits per heavy atom. The van der Waals surface area contributed by atoms with Crippen molar-refractivity contribution < 1.29 is 0 Å². The van der Waals surface area contributed by atoms with E-state index in [2.05, 4.69) is 25.9 Å². The zero-order valence-corrected chi connectivity index (χ0v) is 14.1. The number of hydrogen-bond acceptors (Lipinski definition) is 1. The first-order valence-electron chi connectivity index (χ1n) is 6.27. The van der Waals surface area contributed by atoms with E-state index in [1.807, 2.05) is 37.3 Å². The van der Waals surface area contributed by atoms with Crippen molar-refractivity contribution in [3.8, 4) is 0 Å². The Balaban J connectivity index is 2.11. The lowest BCUT2D eigenvalue weighted by Gasteiger charge is -2.14. The van der Waals surface area contributed by atoms with Crippen LogP contribution in [0.1, 0.15) is 22.1 Å². The molecule has 0 bridgehead atoms. The Hall–Kier alpha value is -1.23. The van der Waals surface area contributed by atoms with Crippen molar-refractivity contribution in [1.29, 1.82) is 0 Å². The van der Waals surface area contributed by atoms with Crippen molar-refractivity contribution in [2.24, 2.45) is 0 Å². The number of fused-ring (bicyclic) bond motifs is 1. The highest BCUT2D eigenvalue weighted by Gasteiger charge is 2.16. The van der Waals surface area contributed by atoms with Crippen molar-refractivity contribution in [2.75, 3.05) is 0 Å². The number of aromatic amines is 2.